The van der Waals surface area contributed by atoms with Crippen molar-refractivity contribution < 1.29 is 18.0 Å². The van der Waals surface area contributed by atoms with Gasteiger partial charge in [-0.3, -0.25) is 4.79 Å². The number of fused-ring (bicyclic) bond motifs is 1. The van der Waals surface area contributed by atoms with Gasteiger partial charge in [0.1, 0.15) is 5.82 Å². The molecule has 0 spiro atoms. The molecule has 128 valence electrons. The molecule has 3 aromatic rings. The number of hydrogen-bond acceptors (Lipinski definition) is 2. The smallest absolute Gasteiger partial charge is 0.366 e. The van der Waals surface area contributed by atoms with Crippen LogP contribution in [0.2, 0.25) is 0 Å². The molecular weight excluding hydrogens is 331 g/mol. The maximum Gasteiger partial charge on any atom is 0.416 e. The zero-order valence-electron chi connectivity index (χ0n) is 13.0. The molecular formula is C18H14F3N3O. The molecule has 0 saturated heterocycles. The van der Waals surface area contributed by atoms with Crippen molar-refractivity contribution in [2.75, 3.05) is 0 Å². The van der Waals surface area contributed by atoms with Gasteiger partial charge in [0.25, 0.3) is 0 Å². The first-order chi connectivity index (χ1) is 11.8. The lowest BCUT2D eigenvalue weighted by Crippen LogP contribution is -2.15. The predicted octanol–water partition coefficient (Wildman–Crippen LogP) is 3.60. The van der Waals surface area contributed by atoms with Crippen LogP contribution in [0.5, 0.6) is 0 Å². The number of nitrogens with two attached hydrogens (primary N) is 1. The number of pyridine rings is 1. The number of alkyl halides is 3. The number of carbonyl (C=O) groups is 1. The number of nitrogens with zero attached hydrogens (tertiary/aromatic N) is 2. The molecule has 2 N–H and O–H groups in total. The highest BCUT2D eigenvalue weighted by Crippen LogP contribution is 2.32. The van der Waals surface area contributed by atoms with E-state index in [9.17, 15) is 18.0 Å². The zero-order valence-corrected chi connectivity index (χ0v) is 13.0. The fourth-order valence-corrected chi connectivity index (χ4v) is 2.53. The van der Waals surface area contributed by atoms with E-state index < -0.39 is 17.6 Å². The Morgan fingerprint density at radius 1 is 1.16 bits per heavy atom. The average molecular weight is 345 g/mol. The number of aromatic nitrogens is 2. The quantitative estimate of drug-likeness (QED) is 0.735. The Morgan fingerprint density at radius 2 is 1.84 bits per heavy atom. The lowest BCUT2D eigenvalue weighted by atomic mass is 10.1. The summed E-state index contributed by atoms with van der Waals surface area (Å²) in [6.07, 6.45) is -2.47. The first kappa shape index (κ1) is 16.8. The second-order valence-corrected chi connectivity index (χ2v) is 5.55. The molecule has 1 aromatic carbocycles. The van der Waals surface area contributed by atoms with Crippen molar-refractivity contribution in [3.63, 3.8) is 0 Å². The third-order valence-corrected chi connectivity index (χ3v) is 3.83. The molecule has 0 radical (unpaired) electrons. The number of imidazole rings is 1. The van der Waals surface area contributed by atoms with Gasteiger partial charge in [-0.1, -0.05) is 24.8 Å². The van der Waals surface area contributed by atoms with Crippen LogP contribution in [0.3, 0.4) is 0 Å². The molecule has 0 atom stereocenters. The van der Waals surface area contributed by atoms with Gasteiger partial charge >= 0.3 is 6.18 Å². The Balaban J connectivity index is 2.08. The Bertz CT molecular complexity index is 956. The summed E-state index contributed by atoms with van der Waals surface area (Å²) < 4.78 is 39.9. The van der Waals surface area contributed by atoms with Crippen molar-refractivity contribution in [2.24, 2.45) is 5.73 Å². The fraction of sp³-hybridized carbons (Fsp3) is 0.111. The molecule has 7 heteroatoms. The molecule has 0 saturated carbocycles. The minimum Gasteiger partial charge on any atom is -0.366 e. The van der Waals surface area contributed by atoms with Gasteiger partial charge < -0.3 is 10.1 Å². The average Bonchev–Trinajstić information content (AvgIpc) is 2.93. The van der Waals surface area contributed by atoms with Gasteiger partial charge in [0, 0.05) is 23.8 Å². The van der Waals surface area contributed by atoms with E-state index in [1.54, 1.807) is 28.8 Å². The van der Waals surface area contributed by atoms with Crippen molar-refractivity contribution in [2.45, 2.75) is 12.6 Å². The zero-order chi connectivity index (χ0) is 18.2. The lowest BCUT2D eigenvalue weighted by molar-refractivity contribution is -0.137. The van der Waals surface area contributed by atoms with E-state index in [0.717, 1.165) is 17.6 Å². The van der Waals surface area contributed by atoms with E-state index in [0.29, 0.717) is 17.1 Å². The second-order valence-electron chi connectivity index (χ2n) is 5.55. The topological polar surface area (TPSA) is 60.4 Å². The minimum absolute atomic E-state index is 0.154. The van der Waals surface area contributed by atoms with Gasteiger partial charge in [-0.25, -0.2) is 4.98 Å². The van der Waals surface area contributed by atoms with E-state index in [1.807, 2.05) is 0 Å². The first-order valence-electron chi connectivity index (χ1n) is 7.38. The van der Waals surface area contributed by atoms with Gasteiger partial charge in [-0.05, 0) is 24.3 Å². The molecule has 0 aliphatic rings. The van der Waals surface area contributed by atoms with Gasteiger partial charge in [0.15, 0.2) is 0 Å². The van der Waals surface area contributed by atoms with E-state index >= 15 is 0 Å². The molecule has 0 bridgehead atoms. The van der Waals surface area contributed by atoms with Crippen LogP contribution >= 0.6 is 0 Å². The van der Waals surface area contributed by atoms with E-state index in [1.165, 1.54) is 12.1 Å². The van der Waals surface area contributed by atoms with Crippen molar-refractivity contribution in [1.29, 1.82) is 0 Å². The number of hydrogen-bond donors (Lipinski definition) is 1. The largest absolute Gasteiger partial charge is 0.416 e. The Labute approximate surface area is 141 Å². The van der Waals surface area contributed by atoms with Crippen LogP contribution in [0.4, 0.5) is 13.2 Å². The SMILES string of the molecule is C=C(Cc1nc(-c2ccc(C(F)(F)F)cc2)c2ccccn12)C(N)=O. The van der Waals surface area contributed by atoms with Crippen LogP contribution in [-0.2, 0) is 17.4 Å². The molecule has 2 aromatic heterocycles. The molecule has 25 heavy (non-hydrogen) atoms. The van der Waals surface area contributed by atoms with Gasteiger partial charge in [0.2, 0.25) is 5.91 Å². The summed E-state index contributed by atoms with van der Waals surface area (Å²) in [5.74, 6) is -0.0851. The van der Waals surface area contributed by atoms with E-state index in [4.69, 9.17) is 5.73 Å². The lowest BCUT2D eigenvalue weighted by Gasteiger charge is -2.06. The summed E-state index contributed by atoms with van der Waals surface area (Å²) in [5.41, 5.74) is 6.50. The van der Waals surface area contributed by atoms with Crippen molar-refractivity contribution in [1.82, 2.24) is 9.38 Å². The molecule has 1 amide bonds. The standard InChI is InChI=1S/C18H14F3N3O/c1-11(17(22)25)10-15-23-16(14-4-2-3-9-24(14)15)12-5-7-13(8-6-12)18(19,20)21/h2-9H,1,10H2,(H2,22,25). The summed E-state index contributed by atoms with van der Waals surface area (Å²) in [5, 5.41) is 0. The minimum atomic E-state index is -4.39. The molecule has 3 rings (SSSR count). The third kappa shape index (κ3) is 3.26. The van der Waals surface area contributed by atoms with Gasteiger partial charge in [-0.15, -0.1) is 0 Å². The summed E-state index contributed by atoms with van der Waals surface area (Å²) in [6, 6.07) is 10.2. The van der Waals surface area contributed by atoms with Crippen LogP contribution in [0.15, 0.2) is 60.8 Å². The molecule has 0 fully saturated rings. The van der Waals surface area contributed by atoms with Crippen LogP contribution in [-0.4, -0.2) is 15.3 Å². The maximum atomic E-state index is 12.7. The third-order valence-electron chi connectivity index (χ3n) is 3.83. The van der Waals surface area contributed by atoms with Crippen LogP contribution < -0.4 is 5.73 Å². The van der Waals surface area contributed by atoms with Crippen molar-refractivity contribution >= 4 is 11.4 Å². The van der Waals surface area contributed by atoms with Crippen LogP contribution in [0.25, 0.3) is 16.8 Å². The molecule has 0 unspecified atom stereocenters. The molecule has 0 aliphatic carbocycles. The number of halogens is 3. The highest BCUT2D eigenvalue weighted by Gasteiger charge is 2.30. The number of amides is 1. The van der Waals surface area contributed by atoms with Crippen LogP contribution in [0.1, 0.15) is 11.4 Å². The number of rotatable bonds is 4. The summed E-state index contributed by atoms with van der Waals surface area (Å²) in [7, 11) is 0. The van der Waals surface area contributed by atoms with Crippen LogP contribution in [0, 0.1) is 0 Å². The molecule has 2 heterocycles. The second kappa shape index (κ2) is 6.08. The highest BCUT2D eigenvalue weighted by atomic mass is 19.4. The predicted molar refractivity (Wildman–Crippen MR) is 87.7 cm³/mol. The monoisotopic (exact) mass is 345 g/mol. The number of benzene rings is 1. The summed E-state index contributed by atoms with van der Waals surface area (Å²) >= 11 is 0. The molecule has 0 aliphatic heterocycles. The Morgan fingerprint density at radius 3 is 2.44 bits per heavy atom. The highest BCUT2D eigenvalue weighted by molar-refractivity contribution is 5.91. The van der Waals surface area contributed by atoms with Crippen molar-refractivity contribution in [3.05, 3.63) is 72.2 Å². The maximum absolute atomic E-state index is 12.7. The van der Waals surface area contributed by atoms with Gasteiger partial charge in [-0.2, -0.15) is 13.2 Å². The van der Waals surface area contributed by atoms with E-state index in [2.05, 4.69) is 11.6 Å². The molecule has 4 nitrogen and oxygen atoms in total. The summed E-state index contributed by atoms with van der Waals surface area (Å²) in [4.78, 5) is 15.7. The fourth-order valence-electron chi connectivity index (χ4n) is 2.53. The normalized spacial score (nSPS) is 11.6. The Kier molecular flexibility index (Phi) is 4.08. The van der Waals surface area contributed by atoms with Gasteiger partial charge in [0.05, 0.1) is 16.8 Å². The number of carbonyl (C=O) groups excluding carboxylic acids is 1. The number of primary amides is 1. The van der Waals surface area contributed by atoms with E-state index in [-0.39, 0.29) is 12.0 Å². The Hall–Kier alpha value is -3.09. The van der Waals surface area contributed by atoms with Crippen molar-refractivity contribution in [3.8, 4) is 11.3 Å². The first-order valence-corrected chi connectivity index (χ1v) is 7.38. The summed E-state index contributed by atoms with van der Waals surface area (Å²) in [6.45, 7) is 3.62.